The first-order chi connectivity index (χ1) is 57.3. The molecule has 12 nitrogen and oxygen atoms in total. The van der Waals surface area contributed by atoms with Gasteiger partial charge in [-0.2, -0.15) is 0 Å². The van der Waals surface area contributed by atoms with Crippen LogP contribution in [0.2, 0.25) is 0 Å². The highest BCUT2D eigenvalue weighted by molar-refractivity contribution is 6.14. The minimum atomic E-state index is -0.100. The third kappa shape index (κ3) is 16.4. The van der Waals surface area contributed by atoms with Gasteiger partial charge >= 0.3 is 0 Å². The Morgan fingerprint density at radius 2 is 0.336 bits per heavy atom. The van der Waals surface area contributed by atoms with E-state index in [1.807, 2.05) is 109 Å². The number of aliphatic hydroxyl groups excluding tert-OH is 6. The molecular formula is C104H86O12. The molecule has 0 spiro atoms. The molecule has 18 aromatic carbocycles. The number of hydrogen-bond acceptors (Lipinski definition) is 12. The Kier molecular flexibility index (Phi) is 23.9. The second-order valence-corrected chi connectivity index (χ2v) is 28.1. The third-order valence-electron chi connectivity index (χ3n) is 20.9. The van der Waals surface area contributed by atoms with Gasteiger partial charge in [-0.25, -0.2) is 0 Å². The number of rotatable bonds is 25. The molecule has 0 saturated heterocycles. The van der Waals surface area contributed by atoms with Crippen LogP contribution in [0.3, 0.4) is 0 Å². The molecule has 0 aliphatic carbocycles. The summed E-state index contributed by atoms with van der Waals surface area (Å²) in [5.74, 6) is 4.05. The zero-order chi connectivity index (χ0) is 79.1. The normalized spacial score (nSPS) is 11.3. The minimum Gasteiger partial charge on any atom is -0.491 e. The van der Waals surface area contributed by atoms with Crippen LogP contribution in [0.4, 0.5) is 0 Å². The highest BCUT2D eigenvalue weighted by Gasteiger charge is 2.25. The molecule has 18 rings (SSSR count). The van der Waals surface area contributed by atoms with Crippen LogP contribution in [-0.4, -0.2) is 110 Å². The monoisotopic (exact) mass is 1530 g/mol. The first kappa shape index (κ1) is 76.6. The van der Waals surface area contributed by atoms with Gasteiger partial charge in [0, 0.05) is 33.4 Å². The average Bonchev–Trinajstić information content (AvgIpc) is 0.756. The van der Waals surface area contributed by atoms with Gasteiger partial charge in [-0.15, -0.1) is 0 Å². The molecule has 0 heterocycles. The van der Waals surface area contributed by atoms with E-state index < -0.39 is 0 Å². The van der Waals surface area contributed by atoms with E-state index in [2.05, 4.69) is 231 Å². The first-order valence-corrected chi connectivity index (χ1v) is 39.1. The molecule has 0 aliphatic heterocycles. The van der Waals surface area contributed by atoms with Crippen molar-refractivity contribution in [2.75, 3.05) is 79.3 Å². The fourth-order valence-corrected chi connectivity index (χ4v) is 15.7. The molecule has 0 saturated carbocycles. The molecule has 0 fully saturated rings. The Balaban J connectivity index is 0.000000135. The Bertz CT molecular complexity index is 6130. The molecule has 0 aliphatic rings. The summed E-state index contributed by atoms with van der Waals surface area (Å²) in [5.41, 5.74) is 14.5. The maximum Gasteiger partial charge on any atom is 0.128 e. The fraction of sp³-hybridized carbons (Fsp3) is 0.115. The molecule has 116 heavy (non-hydrogen) atoms. The predicted molar refractivity (Wildman–Crippen MR) is 473 cm³/mol. The van der Waals surface area contributed by atoms with Crippen LogP contribution in [0.25, 0.3) is 164 Å². The molecule has 12 heteroatoms. The van der Waals surface area contributed by atoms with Crippen LogP contribution in [0.1, 0.15) is 0 Å². The lowest BCUT2D eigenvalue weighted by Gasteiger charge is -2.20. The Morgan fingerprint density at radius 1 is 0.147 bits per heavy atom. The number of ether oxygens (including phenoxy) is 6. The summed E-state index contributed by atoms with van der Waals surface area (Å²) < 4.78 is 36.4. The number of fused-ring (bicyclic) bond motifs is 8. The van der Waals surface area contributed by atoms with Gasteiger partial charge in [-0.05, 0) is 203 Å². The Hall–Kier alpha value is -13.4. The van der Waals surface area contributed by atoms with Crippen LogP contribution in [0, 0.1) is 0 Å². The summed E-state index contributed by atoms with van der Waals surface area (Å²) in [4.78, 5) is 0. The van der Waals surface area contributed by atoms with Crippen LogP contribution < -0.4 is 28.4 Å². The van der Waals surface area contributed by atoms with Gasteiger partial charge in [-0.1, -0.05) is 267 Å². The minimum absolute atomic E-state index is 0.0598. The second-order valence-electron chi connectivity index (χ2n) is 28.1. The van der Waals surface area contributed by atoms with Crippen molar-refractivity contribution < 1.29 is 59.1 Å². The SMILES string of the molecule is OCCOc1ccc2cc(-c3ccc4ccccc4c3)ccc2c1-c1c(OCCO)ccc2cc(-c3ccc4ccccc4c3)ccc12.OCCOc1ccc2cc(-c3ccccc3)ccc2c1-c1c(OCCO)ccc2cc(-c3ccccc3)ccc12.OCCOc1ccc2ccccc2c1-c1c(OCCO)ccc2ccccc12. The summed E-state index contributed by atoms with van der Waals surface area (Å²) in [7, 11) is 0. The van der Waals surface area contributed by atoms with Crippen molar-refractivity contribution in [3.05, 3.63) is 340 Å². The van der Waals surface area contributed by atoms with E-state index >= 15 is 0 Å². The summed E-state index contributed by atoms with van der Waals surface area (Å²) in [5, 5.41) is 74.5. The van der Waals surface area contributed by atoms with Crippen molar-refractivity contribution in [2.45, 2.75) is 0 Å². The molecule has 18 aromatic rings. The van der Waals surface area contributed by atoms with Crippen molar-refractivity contribution in [1.29, 1.82) is 0 Å². The van der Waals surface area contributed by atoms with Crippen molar-refractivity contribution in [1.82, 2.24) is 0 Å². The largest absolute Gasteiger partial charge is 0.491 e. The summed E-state index contributed by atoms with van der Waals surface area (Å²) in [6.07, 6.45) is 0. The van der Waals surface area contributed by atoms with Crippen LogP contribution in [-0.2, 0) is 0 Å². The maximum atomic E-state index is 9.71. The number of hydrogen-bond donors (Lipinski definition) is 6. The van der Waals surface area contributed by atoms with E-state index in [1.54, 1.807) is 0 Å². The van der Waals surface area contributed by atoms with Crippen LogP contribution in [0.15, 0.2) is 340 Å². The standard InChI is InChI=1S/C44H34O4.C36H30O4.C24H22O4/c45-21-23-47-41-19-15-37-27-35(33-11-9-29-5-1-3-7-31(29)25-33)13-17-39(37)43(41)44-40-18-14-36(28-38(40)16-20-42(44)48-24-22-46)34-12-10-30-6-2-4-8-32(30)26-34;37-19-21-39-33-17-13-29-23-27(25-7-3-1-4-8-25)11-15-31(29)35(33)36-32-16-12-28(26-9-5-2-6-10-26)24-30(32)14-18-34(36)40-22-20-38;25-13-15-27-21-11-9-17-5-1-3-7-19(17)23(21)24-20-8-4-2-6-18(20)10-12-22(24)28-16-14-26/h1-20,25-28,45-46H,21-24H2;1-18,23-24,37-38H,19-22H2;1-12,25-26H,13-16H2. The molecule has 0 radical (unpaired) electrons. The molecule has 0 aromatic heterocycles. The van der Waals surface area contributed by atoms with Gasteiger partial charge < -0.3 is 59.1 Å². The number of aliphatic hydroxyl groups is 6. The quantitative estimate of drug-likeness (QED) is 0.0320. The highest BCUT2D eigenvalue weighted by Crippen LogP contribution is 2.51. The lowest BCUT2D eigenvalue weighted by molar-refractivity contribution is 0.200. The molecule has 574 valence electrons. The first-order valence-electron chi connectivity index (χ1n) is 39.1. The van der Waals surface area contributed by atoms with Gasteiger partial charge in [0.05, 0.1) is 39.6 Å². The molecule has 0 amide bonds. The van der Waals surface area contributed by atoms with E-state index in [4.69, 9.17) is 28.4 Å². The molecule has 0 unspecified atom stereocenters. The van der Waals surface area contributed by atoms with E-state index in [0.717, 1.165) is 143 Å². The van der Waals surface area contributed by atoms with E-state index in [0.29, 0.717) is 34.5 Å². The zero-order valence-electron chi connectivity index (χ0n) is 63.9. The summed E-state index contributed by atoms with van der Waals surface area (Å²) in [6, 6.07) is 117. The van der Waals surface area contributed by atoms with Gasteiger partial charge in [-0.3, -0.25) is 0 Å². The second kappa shape index (κ2) is 36.2. The lowest BCUT2D eigenvalue weighted by Crippen LogP contribution is -2.05. The van der Waals surface area contributed by atoms with Gasteiger partial charge in [0.15, 0.2) is 0 Å². The zero-order valence-corrected chi connectivity index (χ0v) is 63.9. The van der Waals surface area contributed by atoms with E-state index in [-0.39, 0.29) is 79.3 Å². The van der Waals surface area contributed by atoms with Crippen LogP contribution in [0.5, 0.6) is 34.5 Å². The molecule has 6 N–H and O–H groups in total. The number of benzene rings is 18. The average molecular weight is 1530 g/mol. The van der Waals surface area contributed by atoms with Crippen LogP contribution >= 0.6 is 0 Å². The predicted octanol–water partition coefficient (Wildman–Crippen LogP) is 22.2. The van der Waals surface area contributed by atoms with E-state index in [9.17, 15) is 30.6 Å². The van der Waals surface area contributed by atoms with Crippen molar-refractivity contribution >= 4 is 86.2 Å². The van der Waals surface area contributed by atoms with Crippen molar-refractivity contribution in [3.8, 4) is 112 Å². The fourth-order valence-electron chi connectivity index (χ4n) is 15.7. The van der Waals surface area contributed by atoms with Crippen molar-refractivity contribution in [2.24, 2.45) is 0 Å². The lowest BCUT2D eigenvalue weighted by atomic mass is 9.89. The molecule has 0 bridgehead atoms. The van der Waals surface area contributed by atoms with Gasteiger partial charge in [0.25, 0.3) is 0 Å². The molecular weight excluding hydrogens is 1440 g/mol. The van der Waals surface area contributed by atoms with Gasteiger partial charge in [0.1, 0.15) is 74.1 Å². The Labute approximate surface area is 672 Å². The van der Waals surface area contributed by atoms with Crippen molar-refractivity contribution in [3.63, 3.8) is 0 Å². The summed E-state index contributed by atoms with van der Waals surface area (Å²) in [6.45, 7) is 0.606. The Morgan fingerprint density at radius 3 is 0.603 bits per heavy atom. The topological polar surface area (TPSA) is 177 Å². The molecule has 0 atom stereocenters. The maximum absolute atomic E-state index is 9.71. The smallest absolute Gasteiger partial charge is 0.128 e. The highest BCUT2D eigenvalue weighted by atomic mass is 16.5. The summed E-state index contributed by atoms with van der Waals surface area (Å²) >= 11 is 0. The van der Waals surface area contributed by atoms with Gasteiger partial charge in [0.2, 0.25) is 0 Å². The third-order valence-corrected chi connectivity index (χ3v) is 20.9. The van der Waals surface area contributed by atoms with E-state index in [1.165, 1.54) is 21.5 Å².